The van der Waals surface area contributed by atoms with E-state index in [9.17, 15) is 4.39 Å². The lowest BCUT2D eigenvalue weighted by Gasteiger charge is -2.31. The molecule has 1 atom stereocenters. The normalized spacial score (nSPS) is 19.3. The minimum absolute atomic E-state index is 0.0809. The van der Waals surface area contributed by atoms with E-state index >= 15 is 0 Å². The Morgan fingerprint density at radius 2 is 2.25 bits per heavy atom. The molecule has 0 radical (unpaired) electrons. The van der Waals surface area contributed by atoms with Gasteiger partial charge < -0.3 is 10.6 Å². The summed E-state index contributed by atoms with van der Waals surface area (Å²) >= 11 is 0. The fourth-order valence-corrected chi connectivity index (χ4v) is 2.66. The van der Waals surface area contributed by atoms with Gasteiger partial charge in [-0.1, -0.05) is 6.07 Å². The van der Waals surface area contributed by atoms with Crippen molar-refractivity contribution in [2.75, 3.05) is 11.4 Å². The summed E-state index contributed by atoms with van der Waals surface area (Å²) in [4.78, 5) is 2.30. The number of nitrogens with zero attached hydrogens (tertiary/aromatic N) is 1. The van der Waals surface area contributed by atoms with Crippen LogP contribution in [0.1, 0.15) is 25.8 Å². The number of halogens is 1. The number of fused-ring (bicyclic) bond motifs is 1. The third kappa shape index (κ3) is 1.80. The number of anilines is 1. The number of benzene rings is 1. The zero-order valence-corrected chi connectivity index (χ0v) is 9.91. The summed E-state index contributed by atoms with van der Waals surface area (Å²) in [6.45, 7) is 4.94. The van der Waals surface area contributed by atoms with Crippen LogP contribution in [0.15, 0.2) is 18.2 Å². The lowest BCUT2D eigenvalue weighted by atomic mass is 10.1. The molecule has 1 aromatic carbocycles. The van der Waals surface area contributed by atoms with Gasteiger partial charge in [-0.2, -0.15) is 0 Å². The summed E-state index contributed by atoms with van der Waals surface area (Å²) in [6, 6.07) is 6.09. The second kappa shape index (κ2) is 4.42. The highest BCUT2D eigenvalue weighted by Gasteiger charge is 2.31. The first-order chi connectivity index (χ1) is 7.65. The number of nitrogens with two attached hydrogens (primary N) is 1. The molecule has 0 bridgehead atoms. The molecule has 0 saturated heterocycles. The molecule has 0 spiro atoms. The summed E-state index contributed by atoms with van der Waals surface area (Å²) in [7, 11) is 0. The molecule has 1 heterocycles. The summed E-state index contributed by atoms with van der Waals surface area (Å²) in [5, 5.41) is 0. The van der Waals surface area contributed by atoms with Gasteiger partial charge in [0.2, 0.25) is 0 Å². The summed E-state index contributed by atoms with van der Waals surface area (Å²) in [5.41, 5.74) is 7.53. The number of hydrogen-bond acceptors (Lipinski definition) is 2. The monoisotopic (exact) mass is 222 g/mol. The van der Waals surface area contributed by atoms with Crippen molar-refractivity contribution in [1.29, 1.82) is 0 Å². The van der Waals surface area contributed by atoms with Crippen LogP contribution in [-0.4, -0.2) is 18.6 Å². The predicted molar refractivity (Wildman–Crippen MR) is 65.2 cm³/mol. The van der Waals surface area contributed by atoms with Crippen molar-refractivity contribution < 1.29 is 4.39 Å². The second-order valence-corrected chi connectivity index (χ2v) is 4.67. The van der Waals surface area contributed by atoms with Gasteiger partial charge in [-0.05, 0) is 45.4 Å². The van der Waals surface area contributed by atoms with E-state index in [1.165, 1.54) is 0 Å². The standard InChI is InChI=1S/C13H19FN2/c1-9(2)16-10(6-7-15)8-11-12(14)4-3-5-13(11)16/h3-5,9-10H,6-8,15H2,1-2H3. The van der Waals surface area contributed by atoms with Gasteiger partial charge >= 0.3 is 0 Å². The molecule has 88 valence electrons. The number of hydrogen-bond donors (Lipinski definition) is 1. The van der Waals surface area contributed by atoms with Crippen LogP contribution in [0, 0.1) is 5.82 Å². The molecule has 2 nitrogen and oxygen atoms in total. The second-order valence-electron chi connectivity index (χ2n) is 4.67. The van der Waals surface area contributed by atoms with Crippen molar-refractivity contribution >= 4 is 5.69 Å². The third-order valence-electron chi connectivity index (χ3n) is 3.26. The van der Waals surface area contributed by atoms with Gasteiger partial charge in [0.15, 0.2) is 0 Å². The van der Waals surface area contributed by atoms with Crippen LogP contribution < -0.4 is 10.6 Å². The number of rotatable bonds is 3. The highest BCUT2D eigenvalue weighted by molar-refractivity contribution is 5.60. The van der Waals surface area contributed by atoms with Gasteiger partial charge in [0.05, 0.1) is 0 Å². The van der Waals surface area contributed by atoms with E-state index in [1.807, 2.05) is 6.07 Å². The van der Waals surface area contributed by atoms with Crippen molar-refractivity contribution in [1.82, 2.24) is 0 Å². The first-order valence-corrected chi connectivity index (χ1v) is 5.91. The SMILES string of the molecule is CC(C)N1c2cccc(F)c2CC1CCN. The van der Waals surface area contributed by atoms with Gasteiger partial charge in [0.25, 0.3) is 0 Å². The van der Waals surface area contributed by atoms with E-state index in [2.05, 4.69) is 18.7 Å². The Hall–Kier alpha value is -1.09. The van der Waals surface area contributed by atoms with E-state index in [4.69, 9.17) is 5.73 Å². The zero-order chi connectivity index (χ0) is 11.7. The Balaban J connectivity index is 2.37. The maximum atomic E-state index is 13.7. The van der Waals surface area contributed by atoms with Crippen molar-refractivity contribution in [3.05, 3.63) is 29.6 Å². The zero-order valence-electron chi connectivity index (χ0n) is 9.91. The molecular formula is C13H19FN2. The molecule has 3 heteroatoms. The van der Waals surface area contributed by atoms with Crippen molar-refractivity contribution in [3.63, 3.8) is 0 Å². The molecule has 0 saturated carbocycles. The van der Waals surface area contributed by atoms with Crippen LogP contribution >= 0.6 is 0 Å². The molecule has 1 aromatic rings. The van der Waals surface area contributed by atoms with Crippen LogP contribution in [-0.2, 0) is 6.42 Å². The van der Waals surface area contributed by atoms with Gasteiger partial charge in [0.1, 0.15) is 5.82 Å². The van der Waals surface area contributed by atoms with Crippen LogP contribution in [0.25, 0.3) is 0 Å². The minimum Gasteiger partial charge on any atom is -0.365 e. The van der Waals surface area contributed by atoms with Crippen molar-refractivity contribution in [2.24, 2.45) is 5.73 Å². The summed E-state index contributed by atoms with van der Waals surface area (Å²) in [6.07, 6.45) is 1.71. The maximum absolute atomic E-state index is 13.7. The average Bonchev–Trinajstić information content (AvgIpc) is 2.58. The lowest BCUT2D eigenvalue weighted by molar-refractivity contribution is 0.536. The molecule has 0 amide bonds. The molecule has 0 aliphatic carbocycles. The molecule has 0 aromatic heterocycles. The topological polar surface area (TPSA) is 29.3 Å². The molecule has 1 aliphatic rings. The minimum atomic E-state index is -0.0809. The highest BCUT2D eigenvalue weighted by Crippen LogP contribution is 2.36. The Morgan fingerprint density at radius 1 is 1.50 bits per heavy atom. The largest absolute Gasteiger partial charge is 0.365 e. The van der Waals surface area contributed by atoms with E-state index in [1.54, 1.807) is 12.1 Å². The van der Waals surface area contributed by atoms with E-state index in [-0.39, 0.29) is 5.82 Å². The molecule has 2 N–H and O–H groups in total. The van der Waals surface area contributed by atoms with E-state index in [0.717, 1.165) is 24.1 Å². The predicted octanol–water partition coefficient (Wildman–Crippen LogP) is 2.31. The van der Waals surface area contributed by atoms with Gasteiger partial charge in [-0.25, -0.2) is 4.39 Å². The maximum Gasteiger partial charge on any atom is 0.128 e. The molecular weight excluding hydrogens is 203 g/mol. The highest BCUT2D eigenvalue weighted by atomic mass is 19.1. The quantitative estimate of drug-likeness (QED) is 0.850. The Morgan fingerprint density at radius 3 is 2.88 bits per heavy atom. The molecule has 1 aliphatic heterocycles. The lowest BCUT2D eigenvalue weighted by Crippen LogP contribution is -2.38. The third-order valence-corrected chi connectivity index (χ3v) is 3.26. The smallest absolute Gasteiger partial charge is 0.128 e. The average molecular weight is 222 g/mol. The molecule has 16 heavy (non-hydrogen) atoms. The first-order valence-electron chi connectivity index (χ1n) is 5.91. The molecule has 1 unspecified atom stereocenters. The molecule has 0 fully saturated rings. The van der Waals surface area contributed by atoms with E-state index in [0.29, 0.717) is 18.6 Å². The fraction of sp³-hybridized carbons (Fsp3) is 0.538. The molecule has 2 rings (SSSR count). The van der Waals surface area contributed by atoms with Crippen LogP contribution in [0.3, 0.4) is 0 Å². The van der Waals surface area contributed by atoms with Gasteiger partial charge in [0, 0.05) is 23.3 Å². The first kappa shape index (κ1) is 11.4. The van der Waals surface area contributed by atoms with Crippen LogP contribution in [0.2, 0.25) is 0 Å². The van der Waals surface area contributed by atoms with Gasteiger partial charge in [-0.15, -0.1) is 0 Å². The summed E-state index contributed by atoms with van der Waals surface area (Å²) in [5.74, 6) is -0.0809. The Bertz CT molecular complexity index is 376. The Kier molecular flexibility index (Phi) is 3.15. The van der Waals surface area contributed by atoms with Crippen LogP contribution in [0.4, 0.5) is 10.1 Å². The van der Waals surface area contributed by atoms with Crippen molar-refractivity contribution in [2.45, 2.75) is 38.8 Å². The fourth-order valence-electron chi connectivity index (χ4n) is 2.66. The van der Waals surface area contributed by atoms with Crippen molar-refractivity contribution in [3.8, 4) is 0 Å². The van der Waals surface area contributed by atoms with Crippen LogP contribution in [0.5, 0.6) is 0 Å². The summed E-state index contributed by atoms with van der Waals surface area (Å²) < 4.78 is 13.7. The van der Waals surface area contributed by atoms with Gasteiger partial charge in [-0.3, -0.25) is 0 Å². The Labute approximate surface area is 96.2 Å². The van der Waals surface area contributed by atoms with E-state index < -0.39 is 0 Å².